The van der Waals surface area contributed by atoms with Crippen molar-refractivity contribution in [3.63, 3.8) is 0 Å². The van der Waals surface area contributed by atoms with Crippen LogP contribution in [0.1, 0.15) is 11.6 Å². The van der Waals surface area contributed by atoms with Crippen molar-refractivity contribution in [2.75, 3.05) is 0 Å². The summed E-state index contributed by atoms with van der Waals surface area (Å²) < 4.78 is 61.7. The third kappa shape index (κ3) is 2.44. The first-order valence-electron chi connectivity index (χ1n) is 4.12. The van der Waals surface area contributed by atoms with E-state index in [1.807, 2.05) is 0 Å². The average Bonchev–Trinajstić information content (AvgIpc) is 2.14. The number of alkyl halides is 5. The Morgan fingerprint density at radius 2 is 1.69 bits per heavy atom. The van der Waals surface area contributed by atoms with Gasteiger partial charge < -0.3 is 5.73 Å². The molecule has 0 aliphatic heterocycles. The zero-order valence-electron chi connectivity index (χ0n) is 7.73. The van der Waals surface area contributed by atoms with Crippen LogP contribution in [-0.4, -0.2) is 12.1 Å². The molecule has 0 saturated heterocycles. The smallest absolute Gasteiger partial charge is 0.319 e. The quantitative estimate of drug-likeness (QED) is 0.808. The molecule has 0 unspecified atom stereocenters. The van der Waals surface area contributed by atoms with E-state index in [1.54, 1.807) is 0 Å². The topological polar surface area (TPSA) is 26.0 Å². The van der Waals surface area contributed by atoms with E-state index in [4.69, 9.17) is 17.3 Å². The van der Waals surface area contributed by atoms with Gasteiger partial charge in [0.1, 0.15) is 6.04 Å². The van der Waals surface area contributed by atoms with Gasteiger partial charge in [0.25, 0.3) is 0 Å². The Bertz CT molecular complexity index is 376. The molecule has 0 fully saturated rings. The van der Waals surface area contributed by atoms with Crippen LogP contribution in [-0.2, 0) is 0 Å². The van der Waals surface area contributed by atoms with Gasteiger partial charge in [0, 0.05) is 5.02 Å². The van der Waals surface area contributed by atoms with Crippen molar-refractivity contribution in [1.29, 1.82) is 0 Å². The van der Waals surface area contributed by atoms with Gasteiger partial charge >= 0.3 is 12.1 Å². The lowest BCUT2D eigenvalue weighted by molar-refractivity contribution is -0.291. The average molecular weight is 260 g/mol. The van der Waals surface area contributed by atoms with Gasteiger partial charge in [-0.15, -0.1) is 0 Å². The van der Waals surface area contributed by atoms with Crippen molar-refractivity contribution in [3.05, 3.63) is 34.9 Å². The normalized spacial score (nSPS) is 14.9. The Morgan fingerprint density at radius 1 is 1.12 bits per heavy atom. The van der Waals surface area contributed by atoms with Crippen LogP contribution in [0.4, 0.5) is 22.0 Å². The number of halogens is 6. The second-order valence-corrected chi connectivity index (χ2v) is 3.59. The molecule has 1 aromatic rings. The molecule has 0 bridgehead atoms. The summed E-state index contributed by atoms with van der Waals surface area (Å²) in [6.45, 7) is 0. The van der Waals surface area contributed by atoms with E-state index in [9.17, 15) is 22.0 Å². The largest absolute Gasteiger partial charge is 0.455 e. The van der Waals surface area contributed by atoms with Crippen molar-refractivity contribution in [3.8, 4) is 0 Å². The molecular formula is C9H7ClF5N. The summed E-state index contributed by atoms with van der Waals surface area (Å²) in [7, 11) is 0. The molecule has 1 nitrogen and oxygen atoms in total. The third-order valence-electron chi connectivity index (χ3n) is 1.98. The lowest BCUT2D eigenvalue weighted by Crippen LogP contribution is -2.45. The number of hydrogen-bond acceptors (Lipinski definition) is 1. The highest BCUT2D eigenvalue weighted by atomic mass is 35.5. The molecular weight excluding hydrogens is 253 g/mol. The molecule has 0 radical (unpaired) electrons. The van der Waals surface area contributed by atoms with E-state index in [-0.39, 0.29) is 10.6 Å². The number of hydrogen-bond donors (Lipinski definition) is 1. The van der Waals surface area contributed by atoms with Gasteiger partial charge in [-0.3, -0.25) is 0 Å². The van der Waals surface area contributed by atoms with Crippen LogP contribution in [0.3, 0.4) is 0 Å². The number of nitrogens with two attached hydrogens (primary N) is 1. The summed E-state index contributed by atoms with van der Waals surface area (Å²) in [6.07, 6.45) is -5.69. The Kier molecular flexibility index (Phi) is 3.44. The van der Waals surface area contributed by atoms with Gasteiger partial charge in [-0.25, -0.2) is 0 Å². The van der Waals surface area contributed by atoms with Gasteiger partial charge in [-0.05, 0) is 17.7 Å². The van der Waals surface area contributed by atoms with Gasteiger partial charge in [-0.2, -0.15) is 22.0 Å². The molecule has 16 heavy (non-hydrogen) atoms. The van der Waals surface area contributed by atoms with Crippen LogP contribution in [0, 0.1) is 0 Å². The minimum Gasteiger partial charge on any atom is -0.319 e. The van der Waals surface area contributed by atoms with Gasteiger partial charge in [-0.1, -0.05) is 23.7 Å². The minimum atomic E-state index is -5.69. The Hall–Kier alpha value is -0.880. The fourth-order valence-electron chi connectivity index (χ4n) is 1.09. The van der Waals surface area contributed by atoms with Crippen molar-refractivity contribution >= 4 is 11.6 Å². The highest BCUT2D eigenvalue weighted by Crippen LogP contribution is 2.43. The molecule has 0 amide bonds. The van der Waals surface area contributed by atoms with Crippen molar-refractivity contribution in [2.24, 2.45) is 5.73 Å². The maximum absolute atomic E-state index is 12.8. The second-order valence-electron chi connectivity index (χ2n) is 3.15. The standard InChI is InChI=1S/C9H7ClF5N/c10-6-3-1-2-5(4-6)7(16)8(11,12)9(13,14)15/h1-4,7H,16H2/t7-/m1/s1. The predicted octanol–water partition coefficient (Wildman–Crippen LogP) is 3.54. The van der Waals surface area contributed by atoms with Crippen LogP contribution in [0.25, 0.3) is 0 Å². The maximum Gasteiger partial charge on any atom is 0.455 e. The first-order valence-corrected chi connectivity index (χ1v) is 4.49. The molecule has 1 rings (SSSR count). The predicted molar refractivity (Wildman–Crippen MR) is 49.4 cm³/mol. The highest BCUT2D eigenvalue weighted by molar-refractivity contribution is 6.30. The summed E-state index contributed by atoms with van der Waals surface area (Å²) in [5.41, 5.74) is 4.53. The Morgan fingerprint density at radius 3 is 2.12 bits per heavy atom. The maximum atomic E-state index is 12.8. The molecule has 1 atom stereocenters. The summed E-state index contributed by atoms with van der Waals surface area (Å²) in [5, 5.41) is 0.0472. The molecule has 0 heterocycles. The fraction of sp³-hybridized carbons (Fsp3) is 0.333. The summed E-state index contributed by atoms with van der Waals surface area (Å²) in [4.78, 5) is 0. The third-order valence-corrected chi connectivity index (χ3v) is 2.21. The van der Waals surface area contributed by atoms with E-state index in [0.29, 0.717) is 0 Å². The SMILES string of the molecule is N[C@H](c1cccc(Cl)c1)C(F)(F)C(F)(F)F. The van der Waals surface area contributed by atoms with Crippen molar-refractivity contribution in [2.45, 2.75) is 18.1 Å². The zero-order valence-corrected chi connectivity index (χ0v) is 8.49. The summed E-state index contributed by atoms with van der Waals surface area (Å²) in [6, 6.07) is 2.18. The molecule has 0 aliphatic rings. The Labute approximate surface area is 93.0 Å². The van der Waals surface area contributed by atoms with E-state index in [0.717, 1.165) is 12.1 Å². The van der Waals surface area contributed by atoms with Gasteiger partial charge in [0.2, 0.25) is 0 Å². The Balaban J connectivity index is 3.07. The number of benzene rings is 1. The second kappa shape index (κ2) is 4.18. The van der Waals surface area contributed by atoms with Crippen LogP contribution in [0.15, 0.2) is 24.3 Å². The first kappa shape index (κ1) is 13.2. The van der Waals surface area contributed by atoms with Crippen molar-refractivity contribution < 1.29 is 22.0 Å². The van der Waals surface area contributed by atoms with Crippen LogP contribution in [0.5, 0.6) is 0 Å². The highest BCUT2D eigenvalue weighted by Gasteiger charge is 2.61. The first-order chi connectivity index (χ1) is 7.16. The van der Waals surface area contributed by atoms with E-state index in [2.05, 4.69) is 0 Å². The molecule has 0 spiro atoms. The molecule has 90 valence electrons. The molecule has 0 aliphatic carbocycles. The zero-order chi connectivity index (χ0) is 12.6. The molecule has 0 saturated carbocycles. The van der Waals surface area contributed by atoms with Crippen molar-refractivity contribution in [1.82, 2.24) is 0 Å². The molecule has 1 aromatic carbocycles. The fourth-order valence-corrected chi connectivity index (χ4v) is 1.28. The summed E-state index contributed by atoms with van der Waals surface area (Å²) >= 11 is 5.47. The molecule has 0 aromatic heterocycles. The minimum absolute atomic E-state index is 0.0472. The molecule has 2 N–H and O–H groups in total. The van der Waals surface area contributed by atoms with Crippen LogP contribution in [0.2, 0.25) is 5.02 Å². The number of rotatable bonds is 2. The lowest BCUT2D eigenvalue weighted by Gasteiger charge is -2.25. The summed E-state index contributed by atoms with van der Waals surface area (Å²) in [5.74, 6) is -4.99. The lowest BCUT2D eigenvalue weighted by atomic mass is 10.0. The van der Waals surface area contributed by atoms with E-state index < -0.39 is 18.1 Å². The monoisotopic (exact) mass is 259 g/mol. The van der Waals surface area contributed by atoms with Gasteiger partial charge in [0.15, 0.2) is 0 Å². The van der Waals surface area contributed by atoms with Crippen LogP contribution >= 0.6 is 11.6 Å². The van der Waals surface area contributed by atoms with Gasteiger partial charge in [0.05, 0.1) is 0 Å². The molecule has 7 heteroatoms. The van der Waals surface area contributed by atoms with E-state index in [1.165, 1.54) is 12.1 Å². The van der Waals surface area contributed by atoms with E-state index >= 15 is 0 Å². The van der Waals surface area contributed by atoms with Crippen LogP contribution < -0.4 is 5.73 Å².